The van der Waals surface area contributed by atoms with Crippen LogP contribution < -0.4 is 4.90 Å². The SMILES string of the molecule is CCCN(CC1CC1)c1ccc(-c2nc(CC(=O)O)c(-c3ccsc3)o2)cn1. The first kappa shape index (κ1) is 18.7. The molecule has 1 saturated carbocycles. The van der Waals surface area contributed by atoms with Crippen LogP contribution >= 0.6 is 11.3 Å². The number of pyridine rings is 1. The number of oxazole rings is 1. The lowest BCUT2D eigenvalue weighted by molar-refractivity contribution is -0.136. The van der Waals surface area contributed by atoms with E-state index in [4.69, 9.17) is 4.42 Å². The molecule has 1 N–H and O–H groups in total. The lowest BCUT2D eigenvalue weighted by Crippen LogP contribution is -2.27. The second kappa shape index (κ2) is 8.14. The highest BCUT2D eigenvalue weighted by Gasteiger charge is 2.25. The summed E-state index contributed by atoms with van der Waals surface area (Å²) in [6, 6.07) is 5.85. The summed E-state index contributed by atoms with van der Waals surface area (Å²) in [5.41, 5.74) is 2.04. The summed E-state index contributed by atoms with van der Waals surface area (Å²) in [5, 5.41) is 13.1. The molecule has 4 rings (SSSR count). The molecule has 0 spiro atoms. The van der Waals surface area contributed by atoms with Crippen molar-refractivity contribution in [2.75, 3.05) is 18.0 Å². The van der Waals surface area contributed by atoms with Crippen molar-refractivity contribution in [2.24, 2.45) is 5.92 Å². The normalized spacial score (nSPS) is 13.6. The summed E-state index contributed by atoms with van der Waals surface area (Å²) in [6.07, 6.45) is 5.29. The lowest BCUT2D eigenvalue weighted by Gasteiger charge is -2.23. The van der Waals surface area contributed by atoms with Gasteiger partial charge in [-0.05, 0) is 48.8 Å². The molecule has 0 saturated heterocycles. The largest absolute Gasteiger partial charge is 0.481 e. The van der Waals surface area contributed by atoms with Crippen LogP contribution in [0.3, 0.4) is 0 Å². The van der Waals surface area contributed by atoms with Gasteiger partial charge in [0, 0.05) is 30.2 Å². The predicted molar refractivity (Wildman–Crippen MR) is 110 cm³/mol. The fourth-order valence-electron chi connectivity index (χ4n) is 3.24. The van der Waals surface area contributed by atoms with Crippen LogP contribution in [0.1, 0.15) is 31.9 Å². The average molecular weight is 398 g/mol. The molecule has 1 aliphatic carbocycles. The topological polar surface area (TPSA) is 79.5 Å². The fourth-order valence-corrected chi connectivity index (χ4v) is 3.87. The summed E-state index contributed by atoms with van der Waals surface area (Å²) >= 11 is 1.53. The maximum Gasteiger partial charge on any atom is 0.309 e. The first-order valence-electron chi connectivity index (χ1n) is 9.59. The van der Waals surface area contributed by atoms with Crippen LogP contribution in [0.4, 0.5) is 5.82 Å². The zero-order valence-electron chi connectivity index (χ0n) is 15.8. The van der Waals surface area contributed by atoms with Gasteiger partial charge in [-0.3, -0.25) is 4.79 Å². The van der Waals surface area contributed by atoms with Gasteiger partial charge in [-0.2, -0.15) is 11.3 Å². The van der Waals surface area contributed by atoms with E-state index in [1.807, 2.05) is 29.0 Å². The van der Waals surface area contributed by atoms with Crippen LogP contribution in [0.2, 0.25) is 0 Å². The van der Waals surface area contributed by atoms with Crippen molar-refractivity contribution in [3.8, 4) is 22.8 Å². The van der Waals surface area contributed by atoms with Gasteiger partial charge in [-0.1, -0.05) is 6.92 Å². The fraction of sp³-hybridized carbons (Fsp3) is 0.381. The highest BCUT2D eigenvalue weighted by atomic mass is 32.1. The van der Waals surface area contributed by atoms with Gasteiger partial charge in [-0.15, -0.1) is 0 Å². The van der Waals surface area contributed by atoms with Crippen LogP contribution in [0.25, 0.3) is 22.8 Å². The first-order valence-corrected chi connectivity index (χ1v) is 10.5. The molecule has 6 nitrogen and oxygen atoms in total. The smallest absolute Gasteiger partial charge is 0.309 e. The highest BCUT2D eigenvalue weighted by Crippen LogP contribution is 2.33. The molecule has 0 aromatic carbocycles. The number of nitrogens with zero attached hydrogens (tertiary/aromatic N) is 3. The Balaban J connectivity index is 1.60. The number of aliphatic carboxylic acids is 1. The predicted octanol–water partition coefficient (Wildman–Crippen LogP) is 4.72. The third-order valence-electron chi connectivity index (χ3n) is 4.79. The Morgan fingerprint density at radius 1 is 1.32 bits per heavy atom. The molecule has 28 heavy (non-hydrogen) atoms. The molecule has 3 aromatic heterocycles. The number of anilines is 1. The molecule has 0 bridgehead atoms. The Labute approximate surface area is 167 Å². The standard InChI is InChI=1S/C21H23N3O3S/c1-2-8-24(12-14-3-4-14)18-6-5-15(11-22-18)21-23-17(10-19(25)26)20(27-21)16-7-9-28-13-16/h5-7,9,11,13-14H,2-4,8,10,12H2,1H3,(H,25,26). The number of rotatable bonds is 9. The molecular weight excluding hydrogens is 374 g/mol. The number of aromatic nitrogens is 2. The summed E-state index contributed by atoms with van der Waals surface area (Å²) in [6.45, 7) is 4.23. The molecule has 0 amide bonds. The van der Waals surface area contributed by atoms with Crippen molar-refractivity contribution in [3.63, 3.8) is 0 Å². The van der Waals surface area contributed by atoms with Crippen molar-refractivity contribution in [1.29, 1.82) is 0 Å². The Hall–Kier alpha value is -2.67. The number of carboxylic acid groups (broad SMARTS) is 1. The van der Waals surface area contributed by atoms with Crippen LogP contribution in [-0.4, -0.2) is 34.1 Å². The van der Waals surface area contributed by atoms with Gasteiger partial charge in [0.05, 0.1) is 17.7 Å². The van der Waals surface area contributed by atoms with Gasteiger partial charge in [0.2, 0.25) is 5.89 Å². The molecular formula is C21H23N3O3S. The molecule has 3 heterocycles. The zero-order valence-corrected chi connectivity index (χ0v) is 16.6. The van der Waals surface area contributed by atoms with E-state index in [9.17, 15) is 9.90 Å². The molecule has 0 atom stereocenters. The average Bonchev–Trinajstić information content (AvgIpc) is 3.16. The molecule has 146 valence electrons. The first-order chi connectivity index (χ1) is 13.6. The Morgan fingerprint density at radius 2 is 2.18 bits per heavy atom. The van der Waals surface area contributed by atoms with E-state index in [0.717, 1.165) is 42.4 Å². The summed E-state index contributed by atoms with van der Waals surface area (Å²) < 4.78 is 5.95. The van der Waals surface area contributed by atoms with Gasteiger partial charge >= 0.3 is 5.97 Å². The van der Waals surface area contributed by atoms with E-state index in [0.29, 0.717) is 17.3 Å². The highest BCUT2D eigenvalue weighted by molar-refractivity contribution is 7.08. The second-order valence-corrected chi connectivity index (χ2v) is 7.95. The van der Waals surface area contributed by atoms with Crippen molar-refractivity contribution < 1.29 is 14.3 Å². The molecule has 0 unspecified atom stereocenters. The van der Waals surface area contributed by atoms with E-state index in [-0.39, 0.29) is 6.42 Å². The monoisotopic (exact) mass is 397 g/mol. The van der Waals surface area contributed by atoms with Gasteiger partial charge in [0.15, 0.2) is 5.76 Å². The molecule has 0 radical (unpaired) electrons. The third-order valence-corrected chi connectivity index (χ3v) is 5.47. The maximum absolute atomic E-state index is 11.2. The van der Waals surface area contributed by atoms with E-state index in [1.165, 1.54) is 24.2 Å². The van der Waals surface area contributed by atoms with Crippen molar-refractivity contribution in [1.82, 2.24) is 9.97 Å². The minimum absolute atomic E-state index is 0.175. The quantitative estimate of drug-likeness (QED) is 0.563. The summed E-state index contributed by atoms with van der Waals surface area (Å²) in [7, 11) is 0. The molecule has 1 aliphatic rings. The van der Waals surface area contributed by atoms with E-state index in [2.05, 4.69) is 21.8 Å². The number of hydrogen-bond acceptors (Lipinski definition) is 6. The van der Waals surface area contributed by atoms with E-state index < -0.39 is 5.97 Å². The maximum atomic E-state index is 11.2. The van der Waals surface area contributed by atoms with Gasteiger partial charge in [0.1, 0.15) is 5.82 Å². The van der Waals surface area contributed by atoms with Crippen molar-refractivity contribution >= 4 is 23.1 Å². The van der Waals surface area contributed by atoms with Gasteiger partial charge < -0.3 is 14.4 Å². The van der Waals surface area contributed by atoms with Crippen LogP contribution in [0.15, 0.2) is 39.6 Å². The minimum Gasteiger partial charge on any atom is -0.481 e. The zero-order chi connectivity index (χ0) is 19.5. The third kappa shape index (κ3) is 4.25. The Morgan fingerprint density at radius 3 is 2.79 bits per heavy atom. The van der Waals surface area contributed by atoms with Gasteiger partial charge in [-0.25, -0.2) is 9.97 Å². The van der Waals surface area contributed by atoms with Crippen LogP contribution in [0, 0.1) is 5.92 Å². The number of carboxylic acids is 1. The Bertz CT molecular complexity index is 930. The molecule has 0 aliphatic heterocycles. The van der Waals surface area contributed by atoms with Crippen LogP contribution in [0.5, 0.6) is 0 Å². The number of carbonyl (C=O) groups is 1. The Kier molecular flexibility index (Phi) is 5.43. The summed E-state index contributed by atoms with van der Waals surface area (Å²) in [5.74, 6) is 1.75. The van der Waals surface area contributed by atoms with Crippen molar-refractivity contribution in [3.05, 3.63) is 40.8 Å². The van der Waals surface area contributed by atoms with E-state index in [1.54, 1.807) is 6.20 Å². The molecule has 1 fully saturated rings. The van der Waals surface area contributed by atoms with Gasteiger partial charge in [0.25, 0.3) is 0 Å². The number of hydrogen-bond donors (Lipinski definition) is 1. The van der Waals surface area contributed by atoms with Crippen LogP contribution in [-0.2, 0) is 11.2 Å². The van der Waals surface area contributed by atoms with Crippen molar-refractivity contribution in [2.45, 2.75) is 32.6 Å². The molecule has 3 aromatic rings. The second-order valence-electron chi connectivity index (χ2n) is 7.17. The minimum atomic E-state index is -0.930. The summed E-state index contributed by atoms with van der Waals surface area (Å²) in [4.78, 5) is 22.6. The number of thiophene rings is 1. The lowest BCUT2D eigenvalue weighted by atomic mass is 10.2. The molecule has 7 heteroatoms. The van der Waals surface area contributed by atoms with E-state index >= 15 is 0 Å².